The van der Waals surface area contributed by atoms with Gasteiger partial charge in [-0.3, -0.25) is 43.2 Å². The third kappa shape index (κ3) is 53.0. The Balaban J connectivity index is -0.00000175. The first-order chi connectivity index (χ1) is 34.8. The zero-order valence-electron chi connectivity index (χ0n) is 44.0. The molecule has 23 heteroatoms. The van der Waals surface area contributed by atoms with Gasteiger partial charge in [-0.25, -0.2) is 4.79 Å². The van der Waals surface area contributed by atoms with Gasteiger partial charge < -0.3 is 61.3 Å². The number of Topliss-reactive ketones (excluding diaryl/α,β-unsaturated/α-hetero) is 4. The Hall–Kier alpha value is -4.39. The minimum absolute atomic E-state index is 0. The van der Waals surface area contributed by atoms with Crippen molar-refractivity contribution in [2.75, 3.05) is 90.6 Å². The van der Waals surface area contributed by atoms with Crippen LogP contribution < -0.4 is 27.0 Å². The molecular formula is C53H101N5O17S. The van der Waals surface area contributed by atoms with Gasteiger partial charge in [0, 0.05) is 75.9 Å². The van der Waals surface area contributed by atoms with Crippen LogP contribution in [0.1, 0.15) is 166 Å². The Morgan fingerprint density at radius 2 is 1.03 bits per heavy atom. The smallest absolute Gasteiger partial charge is 0.326 e. The Morgan fingerprint density at radius 3 is 1.50 bits per heavy atom. The number of carboxylic acids is 2. The topological polar surface area (TPSA) is 342 Å². The van der Waals surface area contributed by atoms with Crippen LogP contribution in [0.25, 0.3) is 0 Å². The number of aliphatic hydroxyl groups is 1. The summed E-state index contributed by atoms with van der Waals surface area (Å²) in [6, 6.07) is -1.41. The molecule has 0 radical (unpaired) electrons. The first-order valence-electron chi connectivity index (χ1n) is 25.7. The van der Waals surface area contributed by atoms with Crippen molar-refractivity contribution >= 4 is 70.5 Å². The number of unbranched alkanes of at least 4 members (excludes halogenated alkanes) is 9. The highest BCUT2D eigenvalue weighted by Crippen LogP contribution is 2.18. The third-order valence-corrected chi connectivity index (χ3v) is 12.2. The van der Waals surface area contributed by atoms with E-state index in [2.05, 4.69) is 21.3 Å². The third-order valence-electron chi connectivity index (χ3n) is 11.1. The van der Waals surface area contributed by atoms with Crippen LogP contribution in [0.2, 0.25) is 0 Å². The van der Waals surface area contributed by atoms with Gasteiger partial charge >= 0.3 is 11.9 Å². The first-order valence-corrected chi connectivity index (χ1v) is 26.8. The minimum atomic E-state index is -1.18. The van der Waals surface area contributed by atoms with E-state index in [0.717, 1.165) is 57.8 Å². The van der Waals surface area contributed by atoms with E-state index in [1.807, 2.05) is 6.92 Å². The number of ether oxygens (including phenoxy) is 4. The van der Waals surface area contributed by atoms with Crippen molar-refractivity contribution in [3.05, 3.63) is 0 Å². The molecule has 0 aliphatic carbocycles. The van der Waals surface area contributed by atoms with Gasteiger partial charge in [-0.05, 0) is 52.9 Å². The minimum Gasteiger partial charge on any atom is -0.481 e. The predicted octanol–water partition coefficient (Wildman–Crippen LogP) is 4.61. The van der Waals surface area contributed by atoms with E-state index in [1.165, 1.54) is 25.6 Å². The van der Waals surface area contributed by atoms with E-state index in [4.69, 9.17) is 29.8 Å². The van der Waals surface area contributed by atoms with Crippen molar-refractivity contribution < 1.29 is 82.2 Å². The van der Waals surface area contributed by atoms with Crippen molar-refractivity contribution in [2.45, 2.75) is 178 Å². The van der Waals surface area contributed by atoms with E-state index in [9.17, 15) is 58.2 Å². The maximum absolute atomic E-state index is 12.5. The van der Waals surface area contributed by atoms with Gasteiger partial charge in [0.05, 0.1) is 51.4 Å². The molecule has 0 aromatic carbocycles. The van der Waals surface area contributed by atoms with Crippen LogP contribution in [-0.2, 0) is 66.9 Å². The van der Waals surface area contributed by atoms with Crippen molar-refractivity contribution in [2.24, 2.45) is 17.6 Å². The van der Waals surface area contributed by atoms with Gasteiger partial charge in [-0.2, -0.15) is 11.8 Å². The Bertz CT molecular complexity index is 1590. The van der Waals surface area contributed by atoms with E-state index < -0.39 is 23.9 Å². The molecule has 0 spiro atoms. The summed E-state index contributed by atoms with van der Waals surface area (Å²) in [4.78, 5) is 117. The van der Waals surface area contributed by atoms with Crippen LogP contribution in [0.15, 0.2) is 0 Å². The summed E-state index contributed by atoms with van der Waals surface area (Å²) in [6.45, 7) is 7.51. The van der Waals surface area contributed by atoms with Crippen LogP contribution in [0.3, 0.4) is 0 Å². The van der Waals surface area contributed by atoms with Gasteiger partial charge in [0.25, 0.3) is 0 Å². The molecule has 0 heterocycles. The average molecular weight is 1110 g/mol. The number of aliphatic carboxylic acids is 2. The second-order valence-electron chi connectivity index (χ2n) is 17.6. The molecule has 0 fully saturated rings. The molecule has 4 atom stereocenters. The summed E-state index contributed by atoms with van der Waals surface area (Å²) < 4.78 is 21.4. The van der Waals surface area contributed by atoms with Crippen LogP contribution in [0.5, 0.6) is 0 Å². The molecule has 76 heavy (non-hydrogen) atoms. The first kappa shape index (κ1) is 80.5. The number of carbonyl (C=O) groups is 10. The van der Waals surface area contributed by atoms with Crippen molar-refractivity contribution in [3.8, 4) is 0 Å². The predicted molar refractivity (Wildman–Crippen MR) is 295 cm³/mol. The number of rotatable bonds is 49. The zero-order valence-corrected chi connectivity index (χ0v) is 44.8. The number of carboxylic acid groups (broad SMARTS) is 2. The maximum Gasteiger partial charge on any atom is 0.326 e. The molecule has 0 saturated heterocycles. The van der Waals surface area contributed by atoms with Gasteiger partial charge in [0.15, 0.2) is 0 Å². The molecule has 446 valence electrons. The maximum atomic E-state index is 12.5. The quantitative estimate of drug-likeness (QED) is 0.0385. The zero-order chi connectivity index (χ0) is 55.1. The van der Waals surface area contributed by atoms with Gasteiger partial charge in [-0.1, -0.05) is 80.6 Å². The molecule has 4 amide bonds. The number of hydrogen-bond donors (Lipinski definition) is 8. The normalized spacial score (nSPS) is 12.0. The lowest BCUT2D eigenvalue weighted by atomic mass is 9.92. The largest absolute Gasteiger partial charge is 0.481 e. The molecule has 22 nitrogen and oxygen atoms in total. The number of carbonyl (C=O) groups excluding carboxylic acids is 8. The number of amides is 4. The van der Waals surface area contributed by atoms with E-state index in [1.54, 1.807) is 6.92 Å². The second kappa shape index (κ2) is 55.4. The van der Waals surface area contributed by atoms with Crippen LogP contribution >= 0.6 is 11.8 Å². The summed E-state index contributed by atoms with van der Waals surface area (Å²) in [5.41, 5.74) is 5.09. The fourth-order valence-corrected chi connectivity index (χ4v) is 7.48. The van der Waals surface area contributed by atoms with Crippen molar-refractivity contribution in [1.29, 1.82) is 0 Å². The van der Waals surface area contributed by atoms with Crippen LogP contribution in [0, 0.1) is 11.8 Å². The molecule has 0 bridgehead atoms. The molecule has 0 aromatic rings. The number of hydrogen-bond acceptors (Lipinski definition) is 17. The number of nitrogens with one attached hydrogen (secondary N) is 4. The summed E-state index contributed by atoms with van der Waals surface area (Å²) in [7, 11) is 0. The Morgan fingerprint density at radius 1 is 0.553 bits per heavy atom. The van der Waals surface area contributed by atoms with E-state index in [-0.39, 0.29) is 204 Å². The highest BCUT2D eigenvalue weighted by Gasteiger charge is 2.24. The molecule has 0 aromatic heterocycles. The van der Waals surface area contributed by atoms with Crippen molar-refractivity contribution in [1.82, 2.24) is 21.3 Å². The lowest BCUT2D eigenvalue weighted by Gasteiger charge is -2.16. The number of ketones is 4. The number of aliphatic hydroxyl groups excluding tert-OH is 1. The molecule has 9 N–H and O–H groups in total. The van der Waals surface area contributed by atoms with Crippen molar-refractivity contribution in [3.63, 3.8) is 0 Å². The molecule has 0 unspecified atom stereocenters. The summed E-state index contributed by atoms with van der Waals surface area (Å²) in [5.74, 6) is -4.07. The Kier molecular flexibility index (Phi) is 58.6. The monoisotopic (exact) mass is 1110 g/mol. The summed E-state index contributed by atoms with van der Waals surface area (Å²) in [5, 5.41) is 38.0. The number of nitrogens with two attached hydrogens (primary N) is 1. The fraction of sp³-hybridized carbons (Fsp3) is 0.811. The summed E-state index contributed by atoms with van der Waals surface area (Å²) >= 11 is 1.31. The highest BCUT2D eigenvalue weighted by atomic mass is 32.2. The standard InChI is InChI=1S/C46H80N4O16S.C4H9NO.3CH4/c1-3-36(40(54)29-37(30-51)35(2)52)33-67-34-44(58)48-21-20-47-42(56)31-66-28-26-64-24-22-49-43(57)32-65-27-25-63-23-14-15-38(53)18-19-39(46(61)62)50-41(55)16-12-10-8-6-4-5-7-9-11-13-17-45(59)60;1-3(5)4(2)6;;;/h36-37,39,51H,3-34H2,1-2H3,(H,47,56)(H,48,58)(H,49,57)(H,50,55)(H,59,60)(H,61,62);3H,5H2,1-2H3;3*1H4/t36-,37-,39-;3-;;;/m00.../s1. The lowest BCUT2D eigenvalue weighted by molar-refractivity contribution is -0.142. The van der Waals surface area contributed by atoms with E-state index >= 15 is 0 Å². The molecule has 0 aliphatic rings. The molecule has 0 rings (SSSR count). The SMILES string of the molecule is C.C.C.CC(=O)[C@H](C)N.CC[C@@H](CSCC(=O)NCCNC(=O)COCCOCCNC(=O)COCCOCCCC(=O)CC[C@H](NC(=O)CCCCCCCCCCCCC(=O)O)C(=O)O)C(=O)C[C@@H](CO)C(C)=O. The average Bonchev–Trinajstić information content (AvgIpc) is 3.33. The highest BCUT2D eigenvalue weighted by molar-refractivity contribution is 7.99. The lowest BCUT2D eigenvalue weighted by Crippen LogP contribution is -2.41. The van der Waals surface area contributed by atoms with E-state index in [0.29, 0.717) is 25.0 Å². The molecule has 0 saturated carbocycles. The molecular weight excluding hydrogens is 1010 g/mol. The van der Waals surface area contributed by atoms with Crippen LogP contribution in [-0.4, -0.2) is 177 Å². The second-order valence-corrected chi connectivity index (χ2v) is 18.7. The number of thioether (sulfide) groups is 1. The van der Waals surface area contributed by atoms with Gasteiger partial charge in [0.1, 0.15) is 42.4 Å². The fourth-order valence-electron chi connectivity index (χ4n) is 6.37. The molecule has 0 aliphatic heterocycles. The Labute approximate surface area is 458 Å². The van der Waals surface area contributed by atoms with Gasteiger partial charge in [0.2, 0.25) is 23.6 Å². The summed E-state index contributed by atoms with van der Waals surface area (Å²) in [6.07, 6.45) is 11.3. The van der Waals surface area contributed by atoms with Crippen LogP contribution in [0.4, 0.5) is 0 Å². The van der Waals surface area contributed by atoms with Gasteiger partial charge in [-0.15, -0.1) is 0 Å².